The lowest BCUT2D eigenvalue weighted by molar-refractivity contribution is -0.305. The summed E-state index contributed by atoms with van der Waals surface area (Å²) in [5.41, 5.74) is 0. The minimum Gasteiger partial charge on any atom is -0.463 e. The third-order valence-electron chi connectivity index (χ3n) is 15.1. The summed E-state index contributed by atoms with van der Waals surface area (Å²) in [6, 6.07) is 0. The fraction of sp³-hybridized carbons (Fsp3) is 0.705. The predicted octanol–water partition coefficient (Wildman–Crippen LogP) is 10.4. The molecule has 0 spiro atoms. The van der Waals surface area contributed by atoms with Crippen molar-refractivity contribution in [2.45, 2.75) is 218 Å². The van der Waals surface area contributed by atoms with E-state index in [-0.39, 0.29) is 85.3 Å². The molecular weight excluding hydrogens is 957 g/mol. The molecule has 14 nitrogen and oxygen atoms in total. The largest absolute Gasteiger partial charge is 0.463 e. The molecule has 420 valence electrons. The van der Waals surface area contributed by atoms with E-state index in [0.717, 1.165) is 116 Å². The standard InChI is InChI=1S/C61H92O14/c1-4-7-17-29-48-44(35-38-51(48)62)26-20-12-10-14-23-32-55(65)71-41-47(74-57(67)34-25-16-22-28-46-37-40-53(64)50(46)31-19-9-6-3)42-73-61-60(70)59(69)58(68)54(75-61)43-72-56(66)33-24-15-11-13-21-27-45-36-39-52(63)49(45)30-18-8-5-2/h7-9,17-19,35-40,44-50,54,58-61,68-70H,4-6,10-16,20-34,41-43H2,1-3H3/b17-7-,18-8-,19-9-/t44-,45-,46-,47+,48-,49-,50-,54+,58-,59-,60+,61+/m0/s1. The van der Waals surface area contributed by atoms with Gasteiger partial charge in [0.2, 0.25) is 0 Å². The minimum absolute atomic E-state index is 0.0313. The van der Waals surface area contributed by atoms with E-state index < -0.39 is 61.3 Å². The highest BCUT2D eigenvalue weighted by Crippen LogP contribution is 2.33. The summed E-state index contributed by atoms with van der Waals surface area (Å²) in [4.78, 5) is 75.9. The SMILES string of the molecule is CC/C=C\C[C@@H]1C(=O)C=C[C@@H]1CCCCCCCC(=O)OC[C@H](CO[C@@H]1O[C@H](COC(=O)CCCCCCC[C@H]2C=CC(=O)[C@H]2C/C=C\CC)[C@H](O)[C@H](O)[C@H]1O)OC(=O)CCCCC[C@H]1C=CC(=O)[C@H]1C/C=C\CC. The molecule has 0 aromatic rings. The normalized spacial score (nSPS) is 27.0. The van der Waals surface area contributed by atoms with Gasteiger partial charge < -0.3 is 39.0 Å². The Labute approximate surface area is 447 Å². The van der Waals surface area contributed by atoms with Crippen LogP contribution in [0.1, 0.15) is 181 Å². The molecule has 0 bridgehead atoms. The topological polar surface area (TPSA) is 209 Å². The van der Waals surface area contributed by atoms with Gasteiger partial charge in [0.25, 0.3) is 0 Å². The van der Waals surface area contributed by atoms with Crippen LogP contribution in [0.5, 0.6) is 0 Å². The molecule has 1 fully saturated rings. The highest BCUT2D eigenvalue weighted by Gasteiger charge is 2.45. The Kier molecular flexibility index (Phi) is 30.9. The minimum atomic E-state index is -1.71. The fourth-order valence-electron chi connectivity index (χ4n) is 10.5. The lowest BCUT2D eigenvalue weighted by Gasteiger charge is -2.40. The molecule has 0 radical (unpaired) electrons. The Morgan fingerprint density at radius 3 is 1.36 bits per heavy atom. The van der Waals surface area contributed by atoms with Crippen LogP contribution in [0.2, 0.25) is 0 Å². The molecule has 1 aliphatic heterocycles. The highest BCUT2D eigenvalue weighted by molar-refractivity contribution is 5.95. The Hall–Kier alpha value is -4.34. The summed E-state index contributed by atoms with van der Waals surface area (Å²) in [5.74, 6) is -0.196. The van der Waals surface area contributed by atoms with Gasteiger partial charge in [-0.1, -0.05) is 140 Å². The maximum atomic E-state index is 13.2. The van der Waals surface area contributed by atoms with Gasteiger partial charge >= 0.3 is 17.9 Å². The van der Waals surface area contributed by atoms with Crippen LogP contribution in [0.25, 0.3) is 0 Å². The van der Waals surface area contributed by atoms with Crippen LogP contribution in [0, 0.1) is 35.5 Å². The van der Waals surface area contributed by atoms with E-state index in [1.807, 2.05) is 18.2 Å². The van der Waals surface area contributed by atoms with Gasteiger partial charge in [0.15, 0.2) is 29.7 Å². The predicted molar refractivity (Wildman–Crippen MR) is 288 cm³/mol. The number of hydrogen-bond acceptors (Lipinski definition) is 14. The van der Waals surface area contributed by atoms with E-state index in [1.54, 1.807) is 18.2 Å². The molecular formula is C61H92O14. The third-order valence-corrected chi connectivity index (χ3v) is 15.1. The van der Waals surface area contributed by atoms with Crippen LogP contribution in [0.3, 0.4) is 0 Å². The van der Waals surface area contributed by atoms with Crippen molar-refractivity contribution in [3.63, 3.8) is 0 Å². The van der Waals surface area contributed by atoms with Gasteiger partial charge in [-0.25, -0.2) is 0 Å². The number of unbranched alkanes of at least 4 members (excludes halogenated alkanes) is 10. The molecule has 0 saturated carbocycles. The Morgan fingerprint density at radius 2 is 0.907 bits per heavy atom. The number of hydrogen-bond donors (Lipinski definition) is 3. The van der Waals surface area contributed by atoms with E-state index in [1.165, 1.54) is 0 Å². The van der Waals surface area contributed by atoms with Crippen LogP contribution in [-0.2, 0) is 52.5 Å². The third kappa shape index (κ3) is 23.4. The molecule has 3 aliphatic carbocycles. The molecule has 0 amide bonds. The Morgan fingerprint density at radius 1 is 0.507 bits per heavy atom. The van der Waals surface area contributed by atoms with Crippen molar-refractivity contribution in [3.8, 4) is 0 Å². The number of carbonyl (C=O) groups excluding carboxylic acids is 6. The van der Waals surface area contributed by atoms with Gasteiger partial charge in [-0.15, -0.1) is 0 Å². The van der Waals surface area contributed by atoms with Crippen molar-refractivity contribution in [3.05, 3.63) is 72.9 Å². The molecule has 0 aromatic carbocycles. The van der Waals surface area contributed by atoms with Gasteiger partial charge in [0.1, 0.15) is 37.6 Å². The van der Waals surface area contributed by atoms with E-state index in [0.29, 0.717) is 25.7 Å². The molecule has 75 heavy (non-hydrogen) atoms. The zero-order chi connectivity index (χ0) is 54.2. The number of allylic oxidation sites excluding steroid dienone is 12. The van der Waals surface area contributed by atoms with Crippen molar-refractivity contribution in [2.24, 2.45) is 35.5 Å². The number of aliphatic hydroxyl groups excluding tert-OH is 3. The van der Waals surface area contributed by atoms with Crippen LogP contribution in [0.4, 0.5) is 0 Å². The first-order valence-corrected chi connectivity index (χ1v) is 28.8. The van der Waals surface area contributed by atoms with Crippen LogP contribution < -0.4 is 0 Å². The lowest BCUT2D eigenvalue weighted by Crippen LogP contribution is -2.59. The molecule has 0 unspecified atom stereocenters. The first kappa shape index (κ1) is 63.2. The van der Waals surface area contributed by atoms with Crippen molar-refractivity contribution >= 4 is 35.3 Å². The Bertz CT molecular complexity index is 1910. The van der Waals surface area contributed by atoms with Crippen molar-refractivity contribution in [1.29, 1.82) is 0 Å². The van der Waals surface area contributed by atoms with Crippen molar-refractivity contribution in [1.82, 2.24) is 0 Å². The van der Waals surface area contributed by atoms with Gasteiger partial charge in [-0.2, -0.15) is 0 Å². The summed E-state index contributed by atoms with van der Waals surface area (Å²) in [5, 5.41) is 32.3. The zero-order valence-electron chi connectivity index (χ0n) is 45.5. The number of rotatable bonds is 39. The molecule has 12 atom stereocenters. The molecule has 4 rings (SSSR count). The fourth-order valence-corrected chi connectivity index (χ4v) is 10.5. The molecule has 3 N–H and O–H groups in total. The maximum Gasteiger partial charge on any atom is 0.306 e. The molecule has 1 saturated heterocycles. The highest BCUT2D eigenvalue weighted by atomic mass is 16.7. The van der Waals surface area contributed by atoms with Crippen LogP contribution >= 0.6 is 0 Å². The summed E-state index contributed by atoms with van der Waals surface area (Å²) in [7, 11) is 0. The average Bonchev–Trinajstić information content (AvgIpc) is 4.06. The summed E-state index contributed by atoms with van der Waals surface area (Å²) < 4.78 is 28.4. The van der Waals surface area contributed by atoms with Crippen molar-refractivity contribution in [2.75, 3.05) is 19.8 Å². The molecule has 1 heterocycles. The van der Waals surface area contributed by atoms with E-state index in [9.17, 15) is 44.1 Å². The number of carbonyl (C=O) groups is 6. The van der Waals surface area contributed by atoms with E-state index in [4.69, 9.17) is 23.7 Å². The lowest BCUT2D eigenvalue weighted by atomic mass is 9.87. The van der Waals surface area contributed by atoms with Crippen LogP contribution in [-0.4, -0.2) is 107 Å². The Balaban J connectivity index is 1.19. The van der Waals surface area contributed by atoms with Crippen LogP contribution in [0.15, 0.2) is 72.9 Å². The quantitative estimate of drug-likeness (QED) is 0.0227. The monoisotopic (exact) mass is 1050 g/mol. The number of ether oxygens (including phenoxy) is 5. The summed E-state index contributed by atoms with van der Waals surface area (Å²) >= 11 is 0. The average molecular weight is 1050 g/mol. The molecule has 0 aromatic heterocycles. The summed E-state index contributed by atoms with van der Waals surface area (Å²) in [6.07, 6.45) is 34.0. The van der Waals surface area contributed by atoms with Crippen molar-refractivity contribution < 1.29 is 67.8 Å². The van der Waals surface area contributed by atoms with Gasteiger partial charge in [0.05, 0.1) is 6.61 Å². The van der Waals surface area contributed by atoms with Gasteiger partial charge in [0, 0.05) is 37.0 Å². The molecule has 4 aliphatic rings. The second-order valence-corrected chi connectivity index (χ2v) is 21.0. The van der Waals surface area contributed by atoms with E-state index in [2.05, 4.69) is 57.2 Å². The number of esters is 3. The van der Waals surface area contributed by atoms with Gasteiger partial charge in [-0.05, 0) is 113 Å². The number of ketones is 3. The zero-order valence-corrected chi connectivity index (χ0v) is 45.5. The first-order chi connectivity index (χ1) is 36.4. The first-order valence-electron chi connectivity index (χ1n) is 28.8. The van der Waals surface area contributed by atoms with Gasteiger partial charge in [-0.3, -0.25) is 28.8 Å². The molecule has 14 heteroatoms. The van der Waals surface area contributed by atoms with E-state index >= 15 is 0 Å². The number of aliphatic hydroxyl groups is 3. The smallest absolute Gasteiger partial charge is 0.306 e. The maximum absolute atomic E-state index is 13.2. The summed E-state index contributed by atoms with van der Waals surface area (Å²) in [6.45, 7) is 5.11. The second-order valence-electron chi connectivity index (χ2n) is 21.0. The second kappa shape index (κ2) is 36.6.